The highest BCUT2D eigenvalue weighted by molar-refractivity contribution is 8.00. The molecule has 3 aliphatic rings. The minimum atomic E-state index is -5.20. The molecule has 0 bridgehead atoms. The van der Waals surface area contributed by atoms with E-state index < -0.39 is 82.4 Å². The van der Waals surface area contributed by atoms with Crippen molar-refractivity contribution in [1.82, 2.24) is 14.6 Å². The number of carboxylic acids is 1. The number of amides is 2. The van der Waals surface area contributed by atoms with E-state index in [0.717, 1.165) is 56.0 Å². The van der Waals surface area contributed by atoms with Crippen LogP contribution in [0, 0.1) is 17.8 Å². The van der Waals surface area contributed by atoms with Crippen LogP contribution < -0.4 is 9.34 Å². The van der Waals surface area contributed by atoms with E-state index in [0.29, 0.717) is 6.21 Å². The molecule has 2 amide bonds. The number of carbonyl (C=O) groups excluding carboxylic acids is 3. The van der Waals surface area contributed by atoms with Gasteiger partial charge >= 0.3 is 54.6 Å². The number of rotatable bonds is 15. The first-order valence-corrected chi connectivity index (χ1v) is 17.1. The van der Waals surface area contributed by atoms with E-state index in [1.54, 1.807) is 0 Å². The number of carbonyl (C=O) groups is 4. The molecule has 2 heterocycles. The summed E-state index contributed by atoms with van der Waals surface area (Å²) in [6.45, 7) is 2.15. The van der Waals surface area contributed by atoms with E-state index in [-0.39, 0.29) is 47.4 Å². The summed E-state index contributed by atoms with van der Waals surface area (Å²) in [5.74, 6) is -5.64. The first-order chi connectivity index (χ1) is 24.7. The minimum Gasteiger partial charge on any atom is -0.481 e. The summed E-state index contributed by atoms with van der Waals surface area (Å²) in [5.41, 5.74) is -0.571. The van der Waals surface area contributed by atoms with Crippen molar-refractivity contribution in [3.8, 4) is 0 Å². The monoisotopic (exact) mass is 797 g/mol. The summed E-state index contributed by atoms with van der Waals surface area (Å²) in [5, 5.41) is 26.5. The van der Waals surface area contributed by atoms with E-state index in [1.165, 1.54) is 0 Å². The summed E-state index contributed by atoms with van der Waals surface area (Å²) >= 11 is 1.56. The lowest BCUT2D eigenvalue weighted by atomic mass is 9.75. The molecule has 6 atom stereocenters. The summed E-state index contributed by atoms with van der Waals surface area (Å²) in [4.78, 5) is 63.8. The Labute approximate surface area is 303 Å². The van der Waals surface area contributed by atoms with Crippen LogP contribution in [-0.4, -0.2) is 133 Å². The highest BCUT2D eigenvalue weighted by atomic mass is 32.2. The van der Waals surface area contributed by atoms with Crippen LogP contribution in [-0.2, 0) is 28.7 Å². The number of hydrogen-bond acceptors (Lipinski definition) is 13. The first kappa shape index (κ1) is 42.8. The van der Waals surface area contributed by atoms with Crippen LogP contribution in [0.4, 0.5) is 26.3 Å². The molecular formula is C29H29F6N7O9S2+2. The van der Waals surface area contributed by atoms with Crippen molar-refractivity contribution in [1.29, 1.82) is 0 Å². The third-order valence-corrected chi connectivity index (χ3v) is 9.96. The zero-order chi connectivity index (χ0) is 39.5. The average molecular weight is 798 g/mol. The second-order valence-corrected chi connectivity index (χ2v) is 13.3. The van der Waals surface area contributed by atoms with Crippen LogP contribution in [0.5, 0.6) is 0 Å². The highest BCUT2D eigenvalue weighted by Crippen LogP contribution is 2.41. The van der Waals surface area contributed by atoms with Gasteiger partial charge in [-0.1, -0.05) is 11.6 Å². The molecule has 6 unspecified atom stereocenters. The Morgan fingerprint density at radius 1 is 0.943 bits per heavy atom. The lowest BCUT2D eigenvalue weighted by Gasteiger charge is -2.35. The number of ether oxygens (including phenoxy) is 2. The van der Waals surface area contributed by atoms with Crippen LogP contribution in [0.1, 0.15) is 33.1 Å². The molecule has 286 valence electrons. The predicted octanol–water partition coefficient (Wildman–Crippen LogP) is 1.84. The number of thioether (sulfide) groups is 2. The maximum absolute atomic E-state index is 14.4. The number of aliphatic imine (C=N–C) groups is 4. The number of ketones is 1. The fraction of sp³-hybridized carbons (Fsp3) is 0.517. The molecule has 1 saturated carbocycles. The van der Waals surface area contributed by atoms with Gasteiger partial charge in [0.15, 0.2) is 5.70 Å². The number of hydrogen-bond donors (Lipinski definition) is 3. The van der Waals surface area contributed by atoms with Crippen LogP contribution in [0.25, 0.3) is 0 Å². The molecule has 3 N–H and O–H groups in total. The molecule has 1 fully saturated rings. The Balaban J connectivity index is 2.07. The second-order valence-electron chi connectivity index (χ2n) is 11.0. The van der Waals surface area contributed by atoms with Crippen molar-refractivity contribution in [3.05, 3.63) is 11.6 Å². The van der Waals surface area contributed by atoms with E-state index in [1.807, 2.05) is 5.87 Å². The normalized spacial score (nSPS) is 21.2. The van der Waals surface area contributed by atoms with Gasteiger partial charge in [0.2, 0.25) is 11.8 Å². The topological polar surface area (TPSA) is 228 Å². The summed E-state index contributed by atoms with van der Waals surface area (Å²) < 4.78 is 93.3. The molecule has 1 aliphatic carbocycles. The molecule has 0 saturated heterocycles. The number of Topliss-reactive ketones (excluding diaryl/α,β-unsaturated/α-hetero) is 1. The van der Waals surface area contributed by atoms with Crippen molar-refractivity contribution in [2.24, 2.45) is 37.7 Å². The number of nitrogens with zero attached hydrogens (tertiary/aromatic N) is 7. The van der Waals surface area contributed by atoms with Crippen molar-refractivity contribution >= 4 is 95.3 Å². The molecule has 2 aliphatic heterocycles. The third-order valence-electron chi connectivity index (χ3n) is 7.04. The van der Waals surface area contributed by atoms with Crippen molar-refractivity contribution in [2.75, 3.05) is 11.5 Å². The molecule has 0 spiro atoms. The maximum atomic E-state index is 14.4. The standard InChI is InChI=1S/C29H28F6N7O9S2/c1-14(43)38-6-16(27(46)47)12-52-25(20-8-36-10-22(40-20)50-28(30,31)32)18-4-3-5-19(24(18)45)26(53-13-17(42(48)49)7-39-15(2)44)21-9-37-11-23(41-21)51-29(33,34)35/h6-8,11,16-19,25-26,48-49H,3-5,12-13H2,1-2H3/q+1/p+1. The Kier molecular flexibility index (Phi) is 15.3. The van der Waals surface area contributed by atoms with E-state index in [2.05, 4.69) is 44.6 Å². The van der Waals surface area contributed by atoms with Gasteiger partial charge in [-0.05, 0) is 22.2 Å². The summed E-state index contributed by atoms with van der Waals surface area (Å²) in [6.07, 6.45) is -6.66. The highest BCUT2D eigenvalue weighted by Gasteiger charge is 2.46. The molecular weight excluding hydrogens is 768 g/mol. The number of alkyl halides is 6. The van der Waals surface area contributed by atoms with Crippen LogP contribution in [0.3, 0.4) is 0 Å². The molecule has 53 heavy (non-hydrogen) atoms. The van der Waals surface area contributed by atoms with Gasteiger partial charge in [0.05, 0.1) is 10.5 Å². The van der Waals surface area contributed by atoms with Crippen molar-refractivity contribution in [3.63, 3.8) is 0 Å². The zero-order valence-electron chi connectivity index (χ0n) is 27.3. The summed E-state index contributed by atoms with van der Waals surface area (Å²) in [7, 11) is 0. The Morgan fingerprint density at radius 3 is 2.11 bits per heavy atom. The van der Waals surface area contributed by atoms with E-state index in [4.69, 9.17) is 0 Å². The maximum Gasteiger partial charge on any atom is 0.574 e. The third kappa shape index (κ3) is 14.0. The second kappa shape index (κ2) is 18.9. The van der Waals surface area contributed by atoms with Crippen LogP contribution >= 0.6 is 23.5 Å². The van der Waals surface area contributed by atoms with Crippen molar-refractivity contribution < 1.29 is 70.5 Å². The van der Waals surface area contributed by atoms with Gasteiger partial charge in [-0.2, -0.15) is 9.98 Å². The molecule has 0 aromatic heterocycles. The lowest BCUT2D eigenvalue weighted by Crippen LogP contribution is -2.44. The van der Waals surface area contributed by atoms with Crippen LogP contribution in [0.2, 0.25) is 0 Å². The number of carboxylic acid groups (broad SMARTS) is 1. The number of aliphatic carboxylic acids is 1. The fourth-order valence-electron chi connectivity index (χ4n) is 4.89. The Hall–Kier alpha value is -4.62. The fourth-order valence-corrected chi connectivity index (χ4v) is 7.71. The molecule has 0 aromatic rings. The molecule has 0 aromatic carbocycles. The quantitative estimate of drug-likeness (QED) is 0.0934. The Bertz CT molecular complexity index is 1790. The molecule has 24 heteroatoms. The van der Waals surface area contributed by atoms with Gasteiger partial charge in [-0.15, -0.1) is 49.9 Å². The molecule has 16 nitrogen and oxygen atoms in total. The average Bonchev–Trinajstić information content (AvgIpc) is 3.03. The molecule has 0 radical (unpaired) electrons. The minimum absolute atomic E-state index is 0.0676. The van der Waals surface area contributed by atoms with Gasteiger partial charge in [0.1, 0.15) is 23.5 Å². The number of halogens is 6. The summed E-state index contributed by atoms with van der Waals surface area (Å²) in [6, 6.07) is -1.39. The van der Waals surface area contributed by atoms with Gasteiger partial charge in [-0.25, -0.2) is 9.98 Å². The number of hydroxylamine groups is 2. The largest absolute Gasteiger partial charge is 0.574 e. The lowest BCUT2D eigenvalue weighted by molar-refractivity contribution is -0.314. The first-order valence-electron chi connectivity index (χ1n) is 15.0. The SMILES string of the molecule is CC(=O)N=CC(CSC(C1=NC(OC(F)(F)F)=C=[N+]=C1)C1CCCC(C(SCC(C=NC(C)=O)N(O)O)C2=C=[N+]=CC(OC(F)(F)F)=N2)C1=O)C(=O)O. The molecule has 3 rings (SSSR count). The van der Waals surface area contributed by atoms with E-state index in [9.17, 15) is 61.0 Å². The Morgan fingerprint density at radius 2 is 1.53 bits per heavy atom. The van der Waals surface area contributed by atoms with E-state index >= 15 is 0 Å². The van der Waals surface area contributed by atoms with Crippen molar-refractivity contribution in [2.45, 2.75) is 62.4 Å². The smallest absolute Gasteiger partial charge is 0.481 e. The van der Waals surface area contributed by atoms with Gasteiger partial charge in [0.25, 0.3) is 0 Å². The van der Waals surface area contributed by atoms with Gasteiger partial charge in [-0.3, -0.25) is 29.6 Å². The van der Waals surface area contributed by atoms with Gasteiger partial charge < -0.3 is 14.6 Å². The van der Waals surface area contributed by atoms with Gasteiger partial charge in [0, 0.05) is 49.6 Å². The van der Waals surface area contributed by atoms with Crippen LogP contribution in [0.15, 0.2) is 31.5 Å². The predicted molar refractivity (Wildman–Crippen MR) is 180 cm³/mol. The zero-order valence-corrected chi connectivity index (χ0v) is 28.9.